The minimum Gasteiger partial charge on any atom is -0.457 e. The third kappa shape index (κ3) is 6.15. The lowest BCUT2D eigenvalue weighted by Crippen LogP contribution is -2.32. The Morgan fingerprint density at radius 1 is 0.202 bits per heavy atom. The lowest BCUT2D eigenvalue weighted by molar-refractivity contribution is 0.436. The van der Waals surface area contributed by atoms with Crippen molar-refractivity contribution in [2.75, 3.05) is 4.90 Å². The van der Waals surface area contributed by atoms with Gasteiger partial charge in [-0.05, 0) is 156 Å². The fourth-order valence-electron chi connectivity index (χ4n) is 15.9. The molecule has 0 N–H and O–H groups in total. The molecule has 18 rings (SSSR count). The fourth-order valence-corrected chi connectivity index (χ4v) is 15.9. The molecule has 0 saturated heterocycles. The first-order chi connectivity index (χ1) is 41.6. The molecule has 5 aliphatic rings. The number of fused-ring (bicyclic) bond motifs is 21. The summed E-state index contributed by atoms with van der Waals surface area (Å²) in [7, 11) is 0. The van der Waals surface area contributed by atoms with Crippen LogP contribution in [0.15, 0.2) is 309 Å². The van der Waals surface area contributed by atoms with Gasteiger partial charge >= 0.3 is 0 Å². The third-order valence-electron chi connectivity index (χ3n) is 19.1. The highest BCUT2D eigenvalue weighted by molar-refractivity contribution is 5.95. The Hall–Kier alpha value is -10.7. The molecule has 2 heterocycles. The van der Waals surface area contributed by atoms with E-state index in [0.29, 0.717) is 0 Å². The SMILES string of the molecule is c1ccc(C2(c3ccccc3)c3ccccc3-c3ccc(N(c4cccc(-c5ccc6c(c5)C5(c7ccccc7Oc7ccccc75)c5ccccc5-6)c4)c4ccc5c(c4)C4(c6ccccc6Oc6ccccc64)c4ccccc4-5)cc32)cc1. The quantitative estimate of drug-likeness (QED) is 0.166. The number of para-hydroxylation sites is 4. The van der Waals surface area contributed by atoms with Crippen LogP contribution >= 0.6 is 0 Å². The summed E-state index contributed by atoms with van der Waals surface area (Å²) in [4.78, 5) is 2.51. The highest BCUT2D eigenvalue weighted by atomic mass is 16.5. The summed E-state index contributed by atoms with van der Waals surface area (Å²) >= 11 is 0. The largest absolute Gasteiger partial charge is 0.457 e. The molecular formula is C81H51NO2. The second-order valence-electron chi connectivity index (χ2n) is 22.9. The Labute approximate surface area is 488 Å². The number of hydrogen-bond acceptors (Lipinski definition) is 3. The second kappa shape index (κ2) is 17.6. The highest BCUT2D eigenvalue weighted by Crippen LogP contribution is 2.65. The molecule has 13 aromatic rings. The van der Waals surface area contributed by atoms with Crippen LogP contribution < -0.4 is 14.4 Å². The van der Waals surface area contributed by atoms with Crippen molar-refractivity contribution in [2.45, 2.75) is 16.2 Å². The molecule has 84 heavy (non-hydrogen) atoms. The van der Waals surface area contributed by atoms with Gasteiger partial charge in [0.25, 0.3) is 0 Å². The minimum atomic E-state index is -0.657. The Morgan fingerprint density at radius 3 is 0.976 bits per heavy atom. The van der Waals surface area contributed by atoms with E-state index in [9.17, 15) is 0 Å². The first-order valence-electron chi connectivity index (χ1n) is 29.1. The van der Waals surface area contributed by atoms with E-state index in [-0.39, 0.29) is 0 Å². The van der Waals surface area contributed by atoms with Gasteiger partial charge in [0, 0.05) is 39.3 Å². The smallest absolute Gasteiger partial charge is 0.132 e. The zero-order valence-corrected chi connectivity index (χ0v) is 45.7. The number of rotatable bonds is 6. The van der Waals surface area contributed by atoms with Crippen LogP contribution in [-0.4, -0.2) is 0 Å². The van der Waals surface area contributed by atoms with Gasteiger partial charge in [0.15, 0.2) is 0 Å². The Kier molecular flexibility index (Phi) is 9.86. The molecule has 0 amide bonds. The van der Waals surface area contributed by atoms with E-state index in [1.807, 2.05) is 0 Å². The molecule has 0 aromatic heterocycles. The lowest BCUT2D eigenvalue weighted by Gasteiger charge is -2.39. The van der Waals surface area contributed by atoms with Crippen LogP contribution in [0.3, 0.4) is 0 Å². The van der Waals surface area contributed by atoms with E-state index < -0.39 is 16.2 Å². The normalized spacial score (nSPS) is 14.7. The standard InChI is InChI=1S/C81H51NO2/c1-3-23-54(24-4-1)79(55-25-5-2-6-26-55)65-31-10-7-28-59(65)63-46-43-57(50-73(63)79)82(58-44-47-64-61-30-9-12-33-67(61)81(74(64)51-58)70-36-15-19-40-77(70)84-78-41-20-16-37-71(78)81)56-27-21-22-52(48-56)53-42-45-62-60-29-8-11-32-66(60)80(72(62)49-53)68-34-13-17-38-75(68)83-76-39-18-14-35-69(76)80/h1-51H. The average molecular weight is 1070 g/mol. The van der Waals surface area contributed by atoms with Gasteiger partial charge in [-0.2, -0.15) is 0 Å². The first-order valence-corrected chi connectivity index (χ1v) is 29.1. The van der Waals surface area contributed by atoms with Crippen molar-refractivity contribution in [1.82, 2.24) is 0 Å². The van der Waals surface area contributed by atoms with Crippen molar-refractivity contribution in [3.63, 3.8) is 0 Å². The molecule has 0 atom stereocenters. The van der Waals surface area contributed by atoms with Crippen LogP contribution in [-0.2, 0) is 16.2 Å². The zero-order chi connectivity index (χ0) is 55.1. The van der Waals surface area contributed by atoms with Crippen molar-refractivity contribution in [1.29, 1.82) is 0 Å². The number of nitrogens with zero attached hydrogens (tertiary/aromatic N) is 1. The predicted octanol–water partition coefficient (Wildman–Crippen LogP) is 20.1. The molecule has 392 valence electrons. The molecule has 3 aliphatic carbocycles. The third-order valence-corrected chi connectivity index (χ3v) is 19.1. The summed E-state index contributed by atoms with van der Waals surface area (Å²) in [5, 5.41) is 0. The molecule has 3 heteroatoms. The zero-order valence-electron chi connectivity index (χ0n) is 45.7. The van der Waals surface area contributed by atoms with Crippen LogP contribution in [0.25, 0.3) is 44.5 Å². The van der Waals surface area contributed by atoms with E-state index >= 15 is 0 Å². The van der Waals surface area contributed by atoms with Gasteiger partial charge in [-0.1, -0.05) is 243 Å². The number of ether oxygens (including phenoxy) is 2. The molecule has 0 saturated carbocycles. The first kappa shape index (κ1) is 47.0. The van der Waals surface area contributed by atoms with Gasteiger partial charge in [-0.25, -0.2) is 0 Å². The predicted molar refractivity (Wildman–Crippen MR) is 339 cm³/mol. The Bertz CT molecular complexity index is 4750. The number of hydrogen-bond donors (Lipinski definition) is 0. The topological polar surface area (TPSA) is 21.7 Å². The van der Waals surface area contributed by atoms with E-state index in [2.05, 4.69) is 314 Å². The summed E-state index contributed by atoms with van der Waals surface area (Å²) in [5.41, 5.74) is 25.6. The Morgan fingerprint density at radius 2 is 0.524 bits per heavy atom. The molecule has 0 fully saturated rings. The maximum absolute atomic E-state index is 6.83. The van der Waals surface area contributed by atoms with Gasteiger partial charge in [0.2, 0.25) is 0 Å². The van der Waals surface area contributed by atoms with Crippen LogP contribution in [0.2, 0.25) is 0 Å². The average Bonchev–Trinajstić information content (AvgIpc) is 1.66. The fraction of sp³-hybridized carbons (Fsp3) is 0.0370. The maximum Gasteiger partial charge on any atom is 0.132 e. The lowest BCUT2D eigenvalue weighted by atomic mass is 9.66. The van der Waals surface area contributed by atoms with E-state index in [1.54, 1.807) is 0 Å². The number of benzene rings is 13. The molecule has 0 bridgehead atoms. The van der Waals surface area contributed by atoms with E-state index in [1.165, 1.54) is 77.9 Å². The van der Waals surface area contributed by atoms with Crippen molar-refractivity contribution >= 4 is 17.1 Å². The monoisotopic (exact) mass is 1070 g/mol. The molecule has 0 unspecified atom stereocenters. The molecular weight excluding hydrogens is 1020 g/mol. The van der Waals surface area contributed by atoms with Crippen molar-refractivity contribution in [3.8, 4) is 67.5 Å². The van der Waals surface area contributed by atoms with Gasteiger partial charge in [-0.3, -0.25) is 0 Å². The van der Waals surface area contributed by atoms with Crippen molar-refractivity contribution < 1.29 is 9.47 Å². The second-order valence-corrected chi connectivity index (χ2v) is 22.9. The van der Waals surface area contributed by atoms with Crippen LogP contribution in [0.5, 0.6) is 23.0 Å². The summed E-state index contributed by atoms with van der Waals surface area (Å²) in [5.74, 6) is 3.51. The van der Waals surface area contributed by atoms with Gasteiger partial charge in [-0.15, -0.1) is 0 Å². The minimum absolute atomic E-state index is 0.595. The van der Waals surface area contributed by atoms with Gasteiger partial charge in [0.05, 0.1) is 16.2 Å². The van der Waals surface area contributed by atoms with Crippen molar-refractivity contribution in [2.24, 2.45) is 0 Å². The summed E-state index contributed by atoms with van der Waals surface area (Å²) in [6, 6.07) is 115. The molecule has 13 aromatic carbocycles. The maximum atomic E-state index is 6.83. The van der Waals surface area contributed by atoms with E-state index in [0.717, 1.165) is 73.4 Å². The summed E-state index contributed by atoms with van der Waals surface area (Å²) in [6.07, 6.45) is 0. The number of anilines is 3. The molecule has 3 nitrogen and oxygen atoms in total. The van der Waals surface area contributed by atoms with Gasteiger partial charge < -0.3 is 14.4 Å². The Balaban J connectivity index is 0.888. The summed E-state index contributed by atoms with van der Waals surface area (Å²) in [6.45, 7) is 0. The van der Waals surface area contributed by atoms with Crippen LogP contribution in [0.4, 0.5) is 17.1 Å². The molecule has 2 spiro atoms. The van der Waals surface area contributed by atoms with Crippen LogP contribution in [0, 0.1) is 0 Å². The van der Waals surface area contributed by atoms with Crippen LogP contribution in [0.1, 0.15) is 66.8 Å². The van der Waals surface area contributed by atoms with Crippen molar-refractivity contribution in [3.05, 3.63) is 376 Å². The van der Waals surface area contributed by atoms with Gasteiger partial charge in [0.1, 0.15) is 23.0 Å². The summed E-state index contributed by atoms with van der Waals surface area (Å²) < 4.78 is 13.6. The highest BCUT2D eigenvalue weighted by Gasteiger charge is 2.53. The van der Waals surface area contributed by atoms with E-state index in [4.69, 9.17) is 9.47 Å². The molecule has 0 radical (unpaired) electrons. The molecule has 2 aliphatic heterocycles.